The Labute approximate surface area is 150 Å². The molecule has 136 valence electrons. The third-order valence-corrected chi connectivity index (χ3v) is 5.58. The van der Waals surface area contributed by atoms with Crippen LogP contribution in [0.5, 0.6) is 0 Å². The minimum absolute atomic E-state index is 0.0521. The number of hydrogen-bond donors (Lipinski definition) is 1. The third-order valence-electron chi connectivity index (χ3n) is 5.58. The predicted octanol–water partition coefficient (Wildman–Crippen LogP) is 2.58. The van der Waals surface area contributed by atoms with E-state index in [4.69, 9.17) is 0 Å². The number of piperazine rings is 1. The van der Waals surface area contributed by atoms with Gasteiger partial charge in [-0.05, 0) is 49.9 Å². The molecule has 0 atom stereocenters. The molecule has 0 spiro atoms. The van der Waals surface area contributed by atoms with Gasteiger partial charge in [0.1, 0.15) is 0 Å². The molecule has 1 aromatic carbocycles. The highest BCUT2D eigenvalue weighted by atomic mass is 16.2. The van der Waals surface area contributed by atoms with Gasteiger partial charge >= 0.3 is 0 Å². The predicted molar refractivity (Wildman–Crippen MR) is 99.5 cm³/mol. The van der Waals surface area contributed by atoms with Crippen LogP contribution in [0.1, 0.15) is 36.8 Å². The average Bonchev–Trinajstić information content (AvgIpc) is 2.55. The molecule has 3 rings (SSSR count). The first-order valence-electron chi connectivity index (χ1n) is 9.41. The van der Waals surface area contributed by atoms with E-state index in [0.29, 0.717) is 12.3 Å². The van der Waals surface area contributed by atoms with Crippen LogP contribution in [0, 0.1) is 19.8 Å². The molecule has 1 aliphatic carbocycles. The molecule has 0 bridgehead atoms. The van der Waals surface area contributed by atoms with Crippen molar-refractivity contribution >= 4 is 17.5 Å². The molecule has 0 unspecified atom stereocenters. The number of benzene rings is 1. The van der Waals surface area contributed by atoms with Gasteiger partial charge in [0.15, 0.2) is 0 Å². The minimum atomic E-state index is 0.0521. The van der Waals surface area contributed by atoms with Gasteiger partial charge in [0.2, 0.25) is 11.8 Å². The molecule has 1 aliphatic heterocycles. The molecule has 0 radical (unpaired) electrons. The average molecular weight is 343 g/mol. The monoisotopic (exact) mass is 343 g/mol. The smallest absolute Gasteiger partial charge is 0.225 e. The number of rotatable bonds is 5. The fourth-order valence-corrected chi connectivity index (χ4v) is 3.41. The molecule has 2 aliphatic rings. The van der Waals surface area contributed by atoms with Crippen LogP contribution in [0.2, 0.25) is 0 Å². The van der Waals surface area contributed by atoms with Crippen molar-refractivity contribution in [2.75, 3.05) is 38.0 Å². The van der Waals surface area contributed by atoms with Gasteiger partial charge in [0.05, 0.1) is 0 Å². The maximum absolute atomic E-state index is 12.3. The normalized spacial score (nSPS) is 18.7. The van der Waals surface area contributed by atoms with Gasteiger partial charge in [-0.1, -0.05) is 12.5 Å². The van der Waals surface area contributed by atoms with Crippen molar-refractivity contribution in [1.29, 1.82) is 0 Å². The largest absolute Gasteiger partial charge is 0.340 e. The van der Waals surface area contributed by atoms with E-state index >= 15 is 0 Å². The van der Waals surface area contributed by atoms with Gasteiger partial charge in [0, 0.05) is 50.7 Å². The van der Waals surface area contributed by atoms with Crippen LogP contribution in [-0.2, 0) is 9.59 Å². The lowest BCUT2D eigenvalue weighted by Crippen LogP contribution is -2.51. The van der Waals surface area contributed by atoms with Crippen molar-refractivity contribution in [2.24, 2.45) is 5.92 Å². The number of nitrogens with zero attached hydrogens (tertiary/aromatic N) is 2. The van der Waals surface area contributed by atoms with Gasteiger partial charge < -0.3 is 10.2 Å². The van der Waals surface area contributed by atoms with Crippen LogP contribution in [0.25, 0.3) is 0 Å². The van der Waals surface area contributed by atoms with Crippen molar-refractivity contribution in [3.8, 4) is 0 Å². The number of carbonyl (C=O) groups excluding carboxylic acids is 2. The van der Waals surface area contributed by atoms with Crippen molar-refractivity contribution in [3.63, 3.8) is 0 Å². The lowest BCUT2D eigenvalue weighted by atomic mass is 9.84. The first-order valence-corrected chi connectivity index (χ1v) is 9.41. The van der Waals surface area contributed by atoms with E-state index in [1.165, 1.54) is 17.5 Å². The fourth-order valence-electron chi connectivity index (χ4n) is 3.41. The number of aryl methyl sites for hydroxylation is 2. The maximum Gasteiger partial charge on any atom is 0.225 e. The maximum atomic E-state index is 12.3. The summed E-state index contributed by atoms with van der Waals surface area (Å²) in [7, 11) is 0. The zero-order valence-corrected chi connectivity index (χ0v) is 15.4. The molecule has 1 saturated carbocycles. The summed E-state index contributed by atoms with van der Waals surface area (Å²) in [4.78, 5) is 28.7. The fraction of sp³-hybridized carbons (Fsp3) is 0.600. The highest BCUT2D eigenvalue weighted by Gasteiger charge is 2.31. The third kappa shape index (κ3) is 4.60. The molecule has 1 saturated heterocycles. The Morgan fingerprint density at radius 3 is 2.40 bits per heavy atom. The summed E-state index contributed by atoms with van der Waals surface area (Å²) >= 11 is 0. The minimum Gasteiger partial charge on any atom is -0.340 e. The van der Waals surface area contributed by atoms with Gasteiger partial charge in [-0.2, -0.15) is 0 Å². The number of hydrogen-bond acceptors (Lipinski definition) is 3. The number of carbonyl (C=O) groups is 2. The van der Waals surface area contributed by atoms with Crippen molar-refractivity contribution in [2.45, 2.75) is 39.5 Å². The Bertz CT molecular complexity index is 632. The van der Waals surface area contributed by atoms with Crippen molar-refractivity contribution in [1.82, 2.24) is 9.80 Å². The van der Waals surface area contributed by atoms with Crippen LogP contribution in [0.3, 0.4) is 0 Å². The number of amides is 2. The molecule has 1 aromatic rings. The Morgan fingerprint density at radius 2 is 1.80 bits per heavy atom. The quantitative estimate of drug-likeness (QED) is 0.894. The molecule has 5 nitrogen and oxygen atoms in total. The first kappa shape index (κ1) is 17.9. The number of anilines is 1. The van der Waals surface area contributed by atoms with E-state index in [1.54, 1.807) is 0 Å². The molecule has 5 heteroatoms. The Morgan fingerprint density at radius 1 is 1.08 bits per heavy atom. The topological polar surface area (TPSA) is 52.7 Å². The summed E-state index contributed by atoms with van der Waals surface area (Å²) in [5.41, 5.74) is 3.28. The zero-order valence-electron chi connectivity index (χ0n) is 15.4. The molecule has 2 fully saturated rings. The van der Waals surface area contributed by atoms with E-state index in [1.807, 2.05) is 23.1 Å². The Kier molecular flexibility index (Phi) is 5.74. The van der Waals surface area contributed by atoms with Crippen molar-refractivity contribution in [3.05, 3.63) is 29.3 Å². The molecule has 25 heavy (non-hydrogen) atoms. The van der Waals surface area contributed by atoms with Crippen molar-refractivity contribution < 1.29 is 9.59 Å². The molecule has 0 aromatic heterocycles. The van der Waals surface area contributed by atoms with Crippen LogP contribution in [-0.4, -0.2) is 54.3 Å². The zero-order chi connectivity index (χ0) is 17.8. The summed E-state index contributed by atoms with van der Waals surface area (Å²) in [6.45, 7) is 8.21. The molecule has 1 N–H and O–H groups in total. The summed E-state index contributed by atoms with van der Waals surface area (Å²) in [6, 6.07) is 5.99. The van der Waals surface area contributed by atoms with Crippen LogP contribution in [0.15, 0.2) is 18.2 Å². The molecular weight excluding hydrogens is 314 g/mol. The van der Waals surface area contributed by atoms with Crippen LogP contribution < -0.4 is 5.32 Å². The summed E-state index contributed by atoms with van der Waals surface area (Å²) in [5, 5.41) is 2.98. The Balaban J connectivity index is 1.38. The van der Waals surface area contributed by atoms with E-state index in [2.05, 4.69) is 24.1 Å². The van der Waals surface area contributed by atoms with Crippen LogP contribution in [0.4, 0.5) is 5.69 Å². The molecular formula is C20H29N3O2. The van der Waals surface area contributed by atoms with Gasteiger partial charge in [0.25, 0.3) is 0 Å². The summed E-state index contributed by atoms with van der Waals surface area (Å²) in [6.07, 6.45) is 3.82. The van der Waals surface area contributed by atoms with Gasteiger partial charge in [-0.25, -0.2) is 0 Å². The lowest BCUT2D eigenvalue weighted by molar-refractivity contribution is -0.140. The van der Waals surface area contributed by atoms with E-state index in [-0.39, 0.29) is 11.8 Å². The number of nitrogens with one attached hydrogen (secondary N) is 1. The second-order valence-electron chi connectivity index (χ2n) is 7.39. The summed E-state index contributed by atoms with van der Waals surface area (Å²) < 4.78 is 0. The molecule has 2 amide bonds. The van der Waals surface area contributed by atoms with Gasteiger partial charge in [-0.3, -0.25) is 14.5 Å². The Hall–Kier alpha value is -1.88. The van der Waals surface area contributed by atoms with Crippen LogP contribution >= 0.6 is 0 Å². The SMILES string of the molecule is Cc1ccc(NC(=O)CCN2CCN(C(=O)C3CCC3)CC2)cc1C. The second-order valence-corrected chi connectivity index (χ2v) is 7.39. The summed E-state index contributed by atoms with van der Waals surface area (Å²) in [5.74, 6) is 0.685. The standard InChI is InChI=1S/C20H29N3O2/c1-15-6-7-18(14-16(15)2)21-19(24)8-9-22-10-12-23(13-11-22)20(25)17-4-3-5-17/h6-7,14,17H,3-5,8-13H2,1-2H3,(H,21,24). The van der Waals surface area contributed by atoms with Gasteiger partial charge in [-0.15, -0.1) is 0 Å². The van der Waals surface area contributed by atoms with E-state index in [9.17, 15) is 9.59 Å². The highest BCUT2D eigenvalue weighted by Crippen LogP contribution is 2.28. The highest BCUT2D eigenvalue weighted by molar-refractivity contribution is 5.90. The molecule has 1 heterocycles. The second kappa shape index (κ2) is 8.00. The van der Waals surface area contributed by atoms with E-state index < -0.39 is 0 Å². The first-order chi connectivity index (χ1) is 12.0. The van der Waals surface area contributed by atoms with E-state index in [0.717, 1.165) is 51.3 Å². The lowest BCUT2D eigenvalue weighted by Gasteiger charge is -2.38.